The van der Waals surface area contributed by atoms with E-state index in [1.54, 1.807) is 0 Å². The molecule has 1 unspecified atom stereocenters. The molecule has 0 aliphatic carbocycles. The fourth-order valence-corrected chi connectivity index (χ4v) is 2.55. The summed E-state index contributed by atoms with van der Waals surface area (Å²) in [6.45, 7) is 3.29. The molecule has 0 fully saturated rings. The number of carboxylic acids is 1. The first-order chi connectivity index (χ1) is 12.2. The number of nitrogens with zero attached hydrogens (tertiary/aromatic N) is 1. The fourth-order valence-electron chi connectivity index (χ4n) is 2.55. The van der Waals surface area contributed by atoms with Crippen LogP contribution in [0.25, 0.3) is 11.3 Å². The van der Waals surface area contributed by atoms with Crippen molar-refractivity contribution in [2.45, 2.75) is 45.1 Å². The fraction of sp³-hybridized carbons (Fsp3) is 0.389. The van der Waals surface area contributed by atoms with E-state index in [4.69, 9.17) is 4.42 Å². The zero-order chi connectivity index (χ0) is 19.3. The van der Waals surface area contributed by atoms with Crippen LogP contribution in [0.1, 0.15) is 39.0 Å². The Bertz CT molecular complexity index is 806. The topological polar surface area (TPSA) is 92.4 Å². The average molecular weight is 366 g/mol. The van der Waals surface area contributed by atoms with E-state index in [2.05, 4.69) is 10.3 Å². The van der Waals surface area contributed by atoms with Crippen molar-refractivity contribution in [2.24, 2.45) is 0 Å². The van der Waals surface area contributed by atoms with Crippen molar-refractivity contribution in [3.8, 4) is 11.3 Å². The third kappa shape index (κ3) is 4.65. The van der Waals surface area contributed by atoms with E-state index in [0.717, 1.165) is 12.1 Å². The number of aromatic nitrogens is 1. The van der Waals surface area contributed by atoms with Gasteiger partial charge < -0.3 is 14.8 Å². The van der Waals surface area contributed by atoms with Crippen LogP contribution in [0, 0.1) is 11.6 Å². The third-order valence-corrected chi connectivity index (χ3v) is 3.95. The molecule has 2 aromatic rings. The Morgan fingerprint density at radius 3 is 2.69 bits per heavy atom. The highest BCUT2D eigenvalue weighted by Gasteiger charge is 2.33. The van der Waals surface area contributed by atoms with Gasteiger partial charge in [-0.05, 0) is 25.5 Å². The Morgan fingerprint density at radius 2 is 2.08 bits per heavy atom. The molecule has 2 N–H and O–H groups in total. The van der Waals surface area contributed by atoms with E-state index >= 15 is 0 Å². The summed E-state index contributed by atoms with van der Waals surface area (Å²) in [6.07, 6.45) is 2.30. The number of aryl methyl sites for hydroxylation is 1. The summed E-state index contributed by atoms with van der Waals surface area (Å²) in [5.41, 5.74) is -1.26. The van der Waals surface area contributed by atoms with Gasteiger partial charge >= 0.3 is 5.97 Å². The van der Waals surface area contributed by atoms with Gasteiger partial charge in [0.15, 0.2) is 11.7 Å². The van der Waals surface area contributed by atoms with Crippen LogP contribution in [0.4, 0.5) is 8.78 Å². The maximum atomic E-state index is 13.7. The van der Waals surface area contributed by atoms with E-state index in [9.17, 15) is 23.5 Å². The van der Waals surface area contributed by atoms with Crippen LogP contribution in [0.3, 0.4) is 0 Å². The summed E-state index contributed by atoms with van der Waals surface area (Å²) in [5.74, 6) is -2.70. The summed E-state index contributed by atoms with van der Waals surface area (Å²) < 4.78 is 32.1. The second-order valence-electron chi connectivity index (χ2n) is 6.18. The predicted molar refractivity (Wildman–Crippen MR) is 89.3 cm³/mol. The lowest BCUT2D eigenvalue weighted by Gasteiger charge is -2.25. The highest BCUT2D eigenvalue weighted by Crippen LogP contribution is 2.24. The van der Waals surface area contributed by atoms with Gasteiger partial charge in [-0.15, -0.1) is 0 Å². The van der Waals surface area contributed by atoms with Gasteiger partial charge in [-0.1, -0.05) is 13.3 Å². The van der Waals surface area contributed by atoms with Gasteiger partial charge in [0.2, 0.25) is 5.91 Å². The number of nitrogens with one attached hydrogen (secondary N) is 1. The van der Waals surface area contributed by atoms with Gasteiger partial charge in [0.25, 0.3) is 0 Å². The molecule has 140 valence electrons. The molecule has 8 heteroatoms. The van der Waals surface area contributed by atoms with Crippen molar-refractivity contribution < 1.29 is 27.9 Å². The first-order valence-corrected chi connectivity index (χ1v) is 8.19. The Kier molecular flexibility index (Phi) is 6.07. The molecule has 26 heavy (non-hydrogen) atoms. The number of hydrogen-bond donors (Lipinski definition) is 2. The minimum Gasteiger partial charge on any atom is -0.480 e. The van der Waals surface area contributed by atoms with E-state index in [1.165, 1.54) is 19.2 Å². The van der Waals surface area contributed by atoms with Gasteiger partial charge in [0.1, 0.15) is 17.2 Å². The maximum absolute atomic E-state index is 13.7. The van der Waals surface area contributed by atoms with Crippen molar-refractivity contribution in [2.75, 3.05) is 0 Å². The molecule has 1 aromatic carbocycles. The number of carbonyl (C=O) groups is 2. The molecule has 0 radical (unpaired) electrons. The third-order valence-electron chi connectivity index (χ3n) is 3.95. The number of carbonyl (C=O) groups excluding carboxylic acids is 1. The molecule has 1 heterocycles. The quantitative estimate of drug-likeness (QED) is 0.748. The van der Waals surface area contributed by atoms with Crippen LogP contribution in [0.15, 0.2) is 28.8 Å². The number of oxazole rings is 1. The number of benzene rings is 1. The summed E-state index contributed by atoms with van der Waals surface area (Å²) in [5, 5.41) is 11.8. The summed E-state index contributed by atoms with van der Waals surface area (Å²) in [6, 6.07) is 3.09. The van der Waals surface area contributed by atoms with E-state index < -0.39 is 29.0 Å². The predicted octanol–water partition coefficient (Wildman–Crippen LogP) is 3.31. The zero-order valence-corrected chi connectivity index (χ0v) is 14.5. The second-order valence-corrected chi connectivity index (χ2v) is 6.18. The molecular weight excluding hydrogens is 346 g/mol. The average Bonchev–Trinajstić information content (AvgIpc) is 3.01. The van der Waals surface area contributed by atoms with E-state index in [1.807, 2.05) is 6.92 Å². The van der Waals surface area contributed by atoms with Gasteiger partial charge in [-0.25, -0.2) is 18.6 Å². The van der Waals surface area contributed by atoms with Crippen LogP contribution in [-0.4, -0.2) is 27.5 Å². The highest BCUT2D eigenvalue weighted by molar-refractivity contribution is 5.86. The van der Waals surface area contributed by atoms with Crippen LogP contribution < -0.4 is 5.32 Å². The number of hydrogen-bond acceptors (Lipinski definition) is 4. The molecule has 0 aliphatic heterocycles. The van der Waals surface area contributed by atoms with Crippen molar-refractivity contribution in [3.05, 3.63) is 41.9 Å². The summed E-state index contributed by atoms with van der Waals surface area (Å²) >= 11 is 0. The van der Waals surface area contributed by atoms with Crippen molar-refractivity contribution >= 4 is 11.9 Å². The van der Waals surface area contributed by atoms with Crippen molar-refractivity contribution in [1.82, 2.24) is 10.3 Å². The Balaban J connectivity index is 1.99. The number of halogens is 2. The molecule has 0 spiro atoms. The van der Waals surface area contributed by atoms with Crippen LogP contribution in [0.5, 0.6) is 0 Å². The summed E-state index contributed by atoms with van der Waals surface area (Å²) in [7, 11) is 0. The molecule has 6 nitrogen and oxygen atoms in total. The lowest BCUT2D eigenvalue weighted by atomic mass is 9.96. The molecule has 0 bridgehead atoms. The normalized spacial score (nSPS) is 13.2. The smallest absolute Gasteiger partial charge is 0.329 e. The number of amides is 1. The second kappa shape index (κ2) is 8.07. The number of carboxylic acid groups (broad SMARTS) is 1. The molecular formula is C18H20F2N2O4. The van der Waals surface area contributed by atoms with Gasteiger partial charge in [-0.2, -0.15) is 0 Å². The largest absolute Gasteiger partial charge is 0.480 e. The number of aliphatic carboxylic acids is 1. The minimum absolute atomic E-state index is 0.0293. The van der Waals surface area contributed by atoms with Gasteiger partial charge in [0, 0.05) is 18.9 Å². The van der Waals surface area contributed by atoms with E-state index in [-0.39, 0.29) is 30.1 Å². The minimum atomic E-state index is -1.33. The van der Waals surface area contributed by atoms with Crippen molar-refractivity contribution in [1.29, 1.82) is 0 Å². The zero-order valence-electron chi connectivity index (χ0n) is 14.5. The Labute approximate surface area is 149 Å². The van der Waals surface area contributed by atoms with Gasteiger partial charge in [0.05, 0.1) is 11.8 Å². The Morgan fingerprint density at radius 1 is 1.35 bits per heavy atom. The van der Waals surface area contributed by atoms with Crippen LogP contribution >= 0.6 is 0 Å². The highest BCUT2D eigenvalue weighted by atomic mass is 19.1. The monoisotopic (exact) mass is 366 g/mol. The molecule has 1 atom stereocenters. The van der Waals surface area contributed by atoms with Crippen LogP contribution in [-0.2, 0) is 16.0 Å². The number of rotatable bonds is 8. The van der Waals surface area contributed by atoms with E-state index in [0.29, 0.717) is 12.8 Å². The first kappa shape index (κ1) is 19.6. The molecule has 1 amide bonds. The maximum Gasteiger partial charge on any atom is 0.329 e. The lowest BCUT2D eigenvalue weighted by molar-refractivity contribution is -0.147. The van der Waals surface area contributed by atoms with Gasteiger partial charge in [-0.3, -0.25) is 4.79 Å². The lowest BCUT2D eigenvalue weighted by Crippen LogP contribution is -2.52. The first-order valence-electron chi connectivity index (χ1n) is 8.19. The molecule has 0 aliphatic rings. The SMILES string of the molecule is CCCC(C)(NC(=O)CCc1ncc(-c2ccc(F)cc2F)o1)C(=O)O. The van der Waals surface area contributed by atoms with Crippen LogP contribution in [0.2, 0.25) is 0 Å². The molecule has 0 saturated heterocycles. The standard InChI is InChI=1S/C18H20F2N2O4/c1-3-8-18(2,17(24)25)22-15(23)6-7-16-21-10-14(26-16)12-5-4-11(19)9-13(12)20/h4-5,9-10H,3,6-8H2,1-2H3,(H,22,23)(H,24,25). The Hall–Kier alpha value is -2.77. The molecule has 1 aromatic heterocycles. The molecule has 2 rings (SSSR count). The molecule has 0 saturated carbocycles. The van der Waals surface area contributed by atoms with Crippen molar-refractivity contribution in [3.63, 3.8) is 0 Å². The summed E-state index contributed by atoms with van der Waals surface area (Å²) in [4.78, 5) is 27.3.